The van der Waals surface area contributed by atoms with Gasteiger partial charge in [-0.3, -0.25) is 4.90 Å². The van der Waals surface area contributed by atoms with E-state index in [0.29, 0.717) is 0 Å². The Bertz CT molecular complexity index is 516. The normalized spacial score (nSPS) is 11.0. The zero-order chi connectivity index (χ0) is 14.4. The Labute approximate surface area is 130 Å². The van der Waals surface area contributed by atoms with Crippen LogP contribution < -0.4 is 0 Å². The quantitative estimate of drug-likeness (QED) is 0.693. The van der Waals surface area contributed by atoms with Crippen molar-refractivity contribution in [1.82, 2.24) is 4.90 Å². The van der Waals surface area contributed by atoms with E-state index < -0.39 is 0 Å². The van der Waals surface area contributed by atoms with Crippen molar-refractivity contribution >= 4 is 15.9 Å². The van der Waals surface area contributed by atoms with Crippen LogP contribution in [-0.4, -0.2) is 16.8 Å². The van der Waals surface area contributed by atoms with E-state index in [1.165, 1.54) is 22.3 Å². The summed E-state index contributed by atoms with van der Waals surface area (Å²) >= 11 is 3.57. The number of rotatable bonds is 6. The van der Waals surface area contributed by atoms with E-state index in [9.17, 15) is 0 Å². The van der Waals surface area contributed by atoms with Gasteiger partial charge >= 0.3 is 0 Å². The minimum Gasteiger partial charge on any atom is -0.294 e. The van der Waals surface area contributed by atoms with Crippen LogP contribution >= 0.6 is 15.9 Å². The second kappa shape index (κ2) is 7.61. The van der Waals surface area contributed by atoms with Crippen molar-refractivity contribution in [2.24, 2.45) is 0 Å². The Balaban J connectivity index is 2.13. The van der Waals surface area contributed by atoms with Crippen molar-refractivity contribution in [3.05, 3.63) is 70.8 Å². The van der Waals surface area contributed by atoms with Gasteiger partial charge in [-0.05, 0) is 36.1 Å². The molecule has 0 bridgehead atoms. The molecule has 0 unspecified atom stereocenters. The number of halogens is 1. The Morgan fingerprint density at radius 1 is 0.850 bits per heavy atom. The Kier molecular flexibility index (Phi) is 5.81. The first-order chi connectivity index (χ1) is 9.70. The third kappa shape index (κ3) is 4.19. The fourth-order valence-electron chi connectivity index (χ4n) is 2.50. The highest BCUT2D eigenvalue weighted by Crippen LogP contribution is 2.17. The van der Waals surface area contributed by atoms with Gasteiger partial charge in [0, 0.05) is 25.0 Å². The van der Waals surface area contributed by atoms with E-state index in [-0.39, 0.29) is 0 Å². The van der Waals surface area contributed by atoms with Crippen molar-refractivity contribution in [3.8, 4) is 0 Å². The first kappa shape index (κ1) is 15.3. The van der Waals surface area contributed by atoms with Crippen molar-refractivity contribution in [1.29, 1.82) is 0 Å². The first-order valence-corrected chi connectivity index (χ1v) is 8.20. The Morgan fingerprint density at radius 2 is 1.50 bits per heavy atom. The minimum atomic E-state index is 1.00. The minimum absolute atomic E-state index is 1.00. The highest BCUT2D eigenvalue weighted by Gasteiger charge is 2.10. The summed E-state index contributed by atoms with van der Waals surface area (Å²) in [7, 11) is 0. The van der Waals surface area contributed by atoms with Gasteiger partial charge in [0.15, 0.2) is 0 Å². The molecule has 0 aliphatic rings. The average molecular weight is 332 g/mol. The maximum absolute atomic E-state index is 3.57. The lowest BCUT2D eigenvalue weighted by Gasteiger charge is -2.23. The van der Waals surface area contributed by atoms with Crippen LogP contribution in [0.1, 0.15) is 22.3 Å². The molecule has 0 amide bonds. The molecule has 0 aromatic heterocycles. The molecule has 0 fully saturated rings. The predicted molar refractivity (Wildman–Crippen MR) is 90.3 cm³/mol. The third-order valence-electron chi connectivity index (χ3n) is 3.68. The molecule has 2 aromatic carbocycles. The largest absolute Gasteiger partial charge is 0.294 e. The summed E-state index contributed by atoms with van der Waals surface area (Å²) in [6, 6.07) is 17.2. The molecule has 1 nitrogen and oxygen atoms in total. The van der Waals surface area contributed by atoms with E-state index in [0.717, 1.165) is 25.0 Å². The fraction of sp³-hybridized carbons (Fsp3) is 0.333. The summed E-state index contributed by atoms with van der Waals surface area (Å²) < 4.78 is 0. The van der Waals surface area contributed by atoms with Crippen LogP contribution in [0.5, 0.6) is 0 Å². The number of nitrogens with zero attached hydrogens (tertiary/aromatic N) is 1. The van der Waals surface area contributed by atoms with Crippen molar-refractivity contribution in [3.63, 3.8) is 0 Å². The SMILES string of the molecule is Cc1cccc(C)c1CN(CCBr)Cc1ccccc1. The van der Waals surface area contributed by atoms with Gasteiger partial charge in [-0.25, -0.2) is 0 Å². The Hall–Kier alpha value is -1.12. The highest BCUT2D eigenvalue weighted by atomic mass is 79.9. The molecule has 0 radical (unpaired) electrons. The van der Waals surface area contributed by atoms with Crippen LogP contribution in [0.3, 0.4) is 0 Å². The molecule has 2 aromatic rings. The molecule has 0 saturated heterocycles. The van der Waals surface area contributed by atoms with E-state index in [1.54, 1.807) is 0 Å². The van der Waals surface area contributed by atoms with Gasteiger partial charge in [-0.1, -0.05) is 64.5 Å². The van der Waals surface area contributed by atoms with Gasteiger partial charge in [0.2, 0.25) is 0 Å². The molecule has 20 heavy (non-hydrogen) atoms. The lowest BCUT2D eigenvalue weighted by Crippen LogP contribution is -2.25. The summed E-state index contributed by atoms with van der Waals surface area (Å²) in [4.78, 5) is 2.50. The van der Waals surface area contributed by atoms with Gasteiger partial charge in [0.1, 0.15) is 0 Å². The maximum Gasteiger partial charge on any atom is 0.0242 e. The number of hydrogen-bond donors (Lipinski definition) is 0. The molecule has 0 aliphatic carbocycles. The van der Waals surface area contributed by atoms with Crippen LogP contribution in [0.4, 0.5) is 0 Å². The molecule has 0 saturated carbocycles. The smallest absolute Gasteiger partial charge is 0.0242 e. The highest BCUT2D eigenvalue weighted by molar-refractivity contribution is 9.09. The van der Waals surface area contributed by atoms with Gasteiger partial charge < -0.3 is 0 Å². The van der Waals surface area contributed by atoms with Crippen LogP contribution in [0, 0.1) is 13.8 Å². The van der Waals surface area contributed by atoms with Gasteiger partial charge in [0.05, 0.1) is 0 Å². The van der Waals surface area contributed by atoms with E-state index in [1.807, 2.05) is 0 Å². The molecular weight excluding hydrogens is 310 g/mol. The van der Waals surface area contributed by atoms with Gasteiger partial charge in [-0.15, -0.1) is 0 Å². The van der Waals surface area contributed by atoms with Crippen LogP contribution in [0.2, 0.25) is 0 Å². The monoisotopic (exact) mass is 331 g/mol. The zero-order valence-corrected chi connectivity index (χ0v) is 13.9. The van der Waals surface area contributed by atoms with Gasteiger partial charge in [0.25, 0.3) is 0 Å². The van der Waals surface area contributed by atoms with Gasteiger partial charge in [-0.2, -0.15) is 0 Å². The first-order valence-electron chi connectivity index (χ1n) is 7.08. The summed E-state index contributed by atoms with van der Waals surface area (Å²) in [5, 5.41) is 1.00. The number of aryl methyl sites for hydroxylation is 2. The predicted octanol–water partition coefficient (Wildman–Crippen LogP) is 4.70. The molecular formula is C18H22BrN. The molecule has 0 N–H and O–H groups in total. The fourth-order valence-corrected chi connectivity index (χ4v) is 3.00. The lowest BCUT2D eigenvalue weighted by atomic mass is 10.0. The topological polar surface area (TPSA) is 3.24 Å². The standard InChI is InChI=1S/C18H22BrN/c1-15-7-6-8-16(2)18(15)14-20(12-11-19)13-17-9-4-3-5-10-17/h3-10H,11-14H2,1-2H3. The number of benzene rings is 2. The zero-order valence-electron chi connectivity index (χ0n) is 12.3. The second-order valence-corrected chi connectivity index (χ2v) is 6.05. The molecule has 0 spiro atoms. The average Bonchev–Trinajstić information content (AvgIpc) is 2.44. The van der Waals surface area contributed by atoms with Crippen molar-refractivity contribution < 1.29 is 0 Å². The van der Waals surface area contributed by atoms with Crippen molar-refractivity contribution in [2.75, 3.05) is 11.9 Å². The Morgan fingerprint density at radius 3 is 2.10 bits per heavy atom. The molecule has 106 valence electrons. The number of hydrogen-bond acceptors (Lipinski definition) is 1. The van der Waals surface area contributed by atoms with Crippen molar-refractivity contribution in [2.45, 2.75) is 26.9 Å². The van der Waals surface area contributed by atoms with E-state index in [2.05, 4.69) is 83.2 Å². The third-order valence-corrected chi connectivity index (χ3v) is 4.03. The van der Waals surface area contributed by atoms with E-state index >= 15 is 0 Å². The second-order valence-electron chi connectivity index (χ2n) is 5.26. The van der Waals surface area contributed by atoms with Crippen LogP contribution in [0.15, 0.2) is 48.5 Å². The van der Waals surface area contributed by atoms with E-state index in [4.69, 9.17) is 0 Å². The maximum atomic E-state index is 3.57. The summed E-state index contributed by atoms with van der Waals surface area (Å²) in [5.41, 5.74) is 5.61. The lowest BCUT2D eigenvalue weighted by molar-refractivity contribution is 0.273. The van der Waals surface area contributed by atoms with Crippen LogP contribution in [-0.2, 0) is 13.1 Å². The molecule has 0 aliphatic heterocycles. The molecule has 2 rings (SSSR count). The van der Waals surface area contributed by atoms with Crippen LogP contribution in [0.25, 0.3) is 0 Å². The summed E-state index contributed by atoms with van der Waals surface area (Å²) in [6.45, 7) is 7.48. The molecule has 0 atom stereocenters. The summed E-state index contributed by atoms with van der Waals surface area (Å²) in [5.74, 6) is 0. The summed E-state index contributed by atoms with van der Waals surface area (Å²) in [6.07, 6.45) is 0. The molecule has 0 heterocycles. The number of alkyl halides is 1. The molecule has 2 heteroatoms.